The maximum Gasteiger partial charge on any atom is 0.313 e. The van der Waals surface area contributed by atoms with Crippen molar-refractivity contribution in [3.05, 3.63) is 12.7 Å². The Bertz CT molecular complexity index is 977. The minimum absolute atomic E-state index is 0.0601. The van der Waals surface area contributed by atoms with E-state index in [2.05, 4.69) is 32.3 Å². The lowest BCUT2D eigenvalue weighted by Crippen LogP contribution is -2.63. The zero-order valence-electron chi connectivity index (χ0n) is 23.8. The lowest BCUT2D eigenvalue weighted by molar-refractivity contribution is -0.206. The zero-order valence-corrected chi connectivity index (χ0v) is 24.6. The van der Waals surface area contributed by atoms with Gasteiger partial charge in [0.1, 0.15) is 18.3 Å². The van der Waals surface area contributed by atoms with Gasteiger partial charge in [-0.15, -0.1) is 18.3 Å². The maximum absolute atomic E-state index is 13.5. The Hall–Kier alpha value is -1.18. The summed E-state index contributed by atoms with van der Waals surface area (Å²) < 4.78 is 6.44. The number of piperidine rings is 3. The molecule has 0 spiro atoms. The summed E-state index contributed by atoms with van der Waals surface area (Å²) in [7, 11) is 0. The highest BCUT2D eigenvalue weighted by molar-refractivity contribution is 8.01. The van der Waals surface area contributed by atoms with Crippen LogP contribution in [-0.2, 0) is 19.1 Å². The van der Waals surface area contributed by atoms with E-state index in [9.17, 15) is 19.5 Å². The lowest BCUT2D eigenvalue weighted by atomic mass is 9.44. The van der Waals surface area contributed by atoms with Gasteiger partial charge in [0.2, 0.25) is 0 Å². The molecule has 6 aliphatic rings. The third-order valence-corrected chi connectivity index (χ3v) is 13.8. The molecule has 7 heteroatoms. The van der Waals surface area contributed by atoms with Gasteiger partial charge >= 0.3 is 5.97 Å². The highest BCUT2D eigenvalue weighted by Gasteiger charge is 2.68. The van der Waals surface area contributed by atoms with Crippen LogP contribution in [0, 0.1) is 34.0 Å². The van der Waals surface area contributed by atoms with Crippen LogP contribution < -0.4 is 0 Å². The number of hydrogen-bond acceptors (Lipinski definition) is 7. The molecule has 8 atom stereocenters. The number of rotatable bonds is 7. The number of carbonyl (C=O) groups excluding carboxylic acids is 3. The second-order valence-corrected chi connectivity index (χ2v) is 15.3. The Morgan fingerprint density at radius 3 is 2.42 bits per heavy atom. The van der Waals surface area contributed by atoms with Gasteiger partial charge < -0.3 is 14.7 Å². The van der Waals surface area contributed by atoms with Crippen molar-refractivity contribution in [2.75, 3.05) is 25.4 Å². The predicted octanol–water partition coefficient (Wildman–Crippen LogP) is 4.82. The van der Waals surface area contributed by atoms with E-state index in [1.54, 1.807) is 11.8 Å². The minimum atomic E-state index is -0.688. The summed E-state index contributed by atoms with van der Waals surface area (Å²) in [6, 6.07) is 0. The van der Waals surface area contributed by atoms with Crippen molar-refractivity contribution >= 4 is 29.3 Å². The number of hydrogen-bond donors (Lipinski definition) is 1. The molecule has 4 bridgehead atoms. The van der Waals surface area contributed by atoms with E-state index in [1.807, 2.05) is 13.0 Å². The first kappa shape index (κ1) is 28.4. The first-order chi connectivity index (χ1) is 17.9. The van der Waals surface area contributed by atoms with Crippen LogP contribution in [0.15, 0.2) is 12.7 Å². The molecule has 0 aromatic heterocycles. The van der Waals surface area contributed by atoms with Crippen LogP contribution in [0.5, 0.6) is 0 Å². The summed E-state index contributed by atoms with van der Waals surface area (Å²) in [5.41, 5.74) is -1.51. The Labute approximate surface area is 232 Å². The summed E-state index contributed by atoms with van der Waals surface area (Å²) in [6.45, 7) is 15.8. The van der Waals surface area contributed by atoms with Gasteiger partial charge in [-0.05, 0) is 81.8 Å². The molecule has 3 aliphatic carbocycles. The lowest BCUT2D eigenvalue weighted by Gasteiger charge is -2.61. The average molecular weight is 546 g/mol. The minimum Gasteiger partial charge on any atom is -0.461 e. The Morgan fingerprint density at radius 1 is 1.13 bits per heavy atom. The monoisotopic (exact) mass is 545 g/mol. The normalized spacial score (nSPS) is 48.1. The van der Waals surface area contributed by atoms with Crippen molar-refractivity contribution < 1.29 is 24.2 Å². The Morgan fingerprint density at radius 2 is 1.79 bits per heavy atom. The molecule has 0 aromatic carbocycles. The first-order valence-corrected chi connectivity index (χ1v) is 15.8. The molecule has 212 valence electrons. The highest BCUT2D eigenvalue weighted by Crippen LogP contribution is 2.68. The summed E-state index contributed by atoms with van der Waals surface area (Å²) >= 11 is 1.74. The molecule has 6 nitrogen and oxygen atoms in total. The van der Waals surface area contributed by atoms with Crippen LogP contribution in [0.4, 0.5) is 0 Å². The number of ketones is 2. The molecule has 6 rings (SSSR count). The smallest absolute Gasteiger partial charge is 0.313 e. The van der Waals surface area contributed by atoms with Crippen molar-refractivity contribution in [1.29, 1.82) is 0 Å². The molecule has 0 amide bonds. The van der Waals surface area contributed by atoms with Crippen molar-refractivity contribution in [2.45, 2.75) is 102 Å². The molecule has 3 saturated heterocycles. The molecule has 0 radical (unpaired) electrons. The molecule has 2 unspecified atom stereocenters. The van der Waals surface area contributed by atoms with Crippen LogP contribution in [0.1, 0.15) is 85.5 Å². The van der Waals surface area contributed by atoms with Gasteiger partial charge in [0.15, 0.2) is 5.78 Å². The Balaban J connectivity index is 1.35. The second-order valence-electron chi connectivity index (χ2n) is 13.8. The molecule has 3 aliphatic heterocycles. The van der Waals surface area contributed by atoms with Gasteiger partial charge in [-0.25, -0.2) is 0 Å². The van der Waals surface area contributed by atoms with Gasteiger partial charge in [0.25, 0.3) is 0 Å². The van der Waals surface area contributed by atoms with Gasteiger partial charge in [0, 0.05) is 27.9 Å². The number of aliphatic hydroxyl groups is 1. The first-order valence-electron chi connectivity index (χ1n) is 14.8. The number of aliphatic hydroxyl groups excluding tert-OH is 1. The number of carbonyl (C=O) groups is 3. The van der Waals surface area contributed by atoms with Crippen molar-refractivity contribution in [3.63, 3.8) is 0 Å². The van der Waals surface area contributed by atoms with Gasteiger partial charge in [-0.2, -0.15) is 0 Å². The maximum atomic E-state index is 13.5. The van der Waals surface area contributed by atoms with E-state index in [0.717, 1.165) is 58.2 Å². The number of Topliss-reactive ketones (excluding diaryl/α,β-unsaturated/α-hetero) is 2. The molecule has 6 fully saturated rings. The number of fused-ring (bicyclic) bond motifs is 3. The summed E-state index contributed by atoms with van der Waals surface area (Å²) in [5, 5.41) is 11.7. The van der Waals surface area contributed by atoms with Gasteiger partial charge in [-0.1, -0.05) is 33.8 Å². The van der Waals surface area contributed by atoms with E-state index in [1.165, 1.54) is 0 Å². The van der Waals surface area contributed by atoms with Crippen LogP contribution in [-0.4, -0.2) is 69.9 Å². The highest BCUT2D eigenvalue weighted by atomic mass is 32.2. The van der Waals surface area contributed by atoms with Gasteiger partial charge in [0.05, 0.1) is 11.9 Å². The molecular formula is C31H47NO5S. The standard InChI is InChI=1S/C31H47NO5S/c1-6-28(4)18-24(37-25(35)17-22(33)19-38-30-11-14-32(15-12-30)16-13-30)29(5)20(2)7-9-31(21(3)27(28)36)10-8-23(34)26(29)31/h6,20-21,24,26-27,36H,1,7-19H2,2-5H3/t20?,21-,24+,26?,27-,28-,29-,31-/m0/s1. The van der Waals surface area contributed by atoms with Gasteiger partial charge in [-0.3, -0.25) is 14.4 Å². The van der Waals surface area contributed by atoms with Crippen LogP contribution in [0.3, 0.4) is 0 Å². The molecule has 38 heavy (non-hydrogen) atoms. The van der Waals surface area contributed by atoms with E-state index < -0.39 is 29.0 Å². The quantitative estimate of drug-likeness (QED) is 0.279. The van der Waals surface area contributed by atoms with E-state index in [4.69, 9.17) is 4.74 Å². The SMILES string of the molecule is C=C[C@@]1(C)C[C@@H](OC(=O)CC(=O)CSC23CCN(CC2)CC3)[C@]2(C)C(C)CC[C@]3(CCC(=O)C32)[C@@H](C)[C@@H]1O. The van der Waals surface area contributed by atoms with Crippen LogP contribution in [0.2, 0.25) is 0 Å². The molecule has 1 N–H and O–H groups in total. The fraction of sp³-hybridized carbons (Fsp3) is 0.839. The third kappa shape index (κ3) is 4.43. The van der Waals surface area contributed by atoms with Crippen molar-refractivity contribution in [1.82, 2.24) is 4.90 Å². The topological polar surface area (TPSA) is 83.9 Å². The molecule has 0 aromatic rings. The fourth-order valence-electron chi connectivity index (χ4n) is 9.16. The number of esters is 1. The average Bonchev–Trinajstić information content (AvgIpc) is 3.27. The predicted molar refractivity (Wildman–Crippen MR) is 150 cm³/mol. The summed E-state index contributed by atoms with van der Waals surface area (Å²) in [4.78, 5) is 42.3. The van der Waals surface area contributed by atoms with Crippen molar-refractivity contribution in [2.24, 2.45) is 34.0 Å². The van der Waals surface area contributed by atoms with E-state index in [-0.39, 0.29) is 45.9 Å². The van der Waals surface area contributed by atoms with Crippen LogP contribution >= 0.6 is 11.8 Å². The summed E-state index contributed by atoms with van der Waals surface area (Å²) in [6.07, 6.45) is 7.21. The summed E-state index contributed by atoms with van der Waals surface area (Å²) in [5.74, 6) is -0.125. The molecule has 3 saturated carbocycles. The second kappa shape index (κ2) is 10.0. The van der Waals surface area contributed by atoms with E-state index in [0.29, 0.717) is 18.6 Å². The third-order valence-electron chi connectivity index (χ3n) is 12.1. The largest absolute Gasteiger partial charge is 0.461 e. The number of thioether (sulfide) groups is 1. The fourth-order valence-corrected chi connectivity index (χ4v) is 10.4. The van der Waals surface area contributed by atoms with Crippen LogP contribution in [0.25, 0.3) is 0 Å². The number of nitrogens with zero attached hydrogens (tertiary/aromatic N) is 1. The van der Waals surface area contributed by atoms with E-state index >= 15 is 0 Å². The zero-order chi connectivity index (χ0) is 27.5. The molecule has 3 heterocycles. The Kier molecular flexibility index (Phi) is 7.48. The number of ether oxygens (including phenoxy) is 1. The van der Waals surface area contributed by atoms with Crippen molar-refractivity contribution in [3.8, 4) is 0 Å². The molecular weight excluding hydrogens is 498 g/mol.